The van der Waals surface area contributed by atoms with Crippen molar-refractivity contribution in [3.05, 3.63) is 57.2 Å². The molecule has 0 spiro atoms. The highest BCUT2D eigenvalue weighted by Gasteiger charge is 2.37. The molecule has 0 unspecified atom stereocenters. The van der Waals surface area contributed by atoms with Gasteiger partial charge in [0.25, 0.3) is 11.8 Å². The molecule has 0 aliphatic carbocycles. The first kappa shape index (κ1) is 16.4. The second-order valence-corrected chi connectivity index (χ2v) is 6.09. The van der Waals surface area contributed by atoms with Crippen LogP contribution in [0.2, 0.25) is 10.0 Å². The van der Waals surface area contributed by atoms with Crippen LogP contribution in [0.15, 0.2) is 30.5 Å². The highest BCUT2D eigenvalue weighted by molar-refractivity contribution is 6.43. The van der Waals surface area contributed by atoms with Crippen LogP contribution in [0.4, 0.5) is 5.82 Å². The van der Waals surface area contributed by atoms with Crippen LogP contribution in [0.3, 0.4) is 0 Å². The third-order valence-corrected chi connectivity index (χ3v) is 4.21. The maximum atomic E-state index is 12.3. The van der Waals surface area contributed by atoms with Gasteiger partial charge < -0.3 is 5.32 Å². The molecule has 0 saturated heterocycles. The SMILES string of the molecule is Cc1ccc(NC(=O)CN2C(=O)c3cc(Cl)c(Cl)cc3C2=O)nc1. The molecule has 2 heterocycles. The van der Waals surface area contributed by atoms with Gasteiger partial charge in [0, 0.05) is 6.20 Å². The number of aryl methyl sites for hydroxylation is 1. The molecule has 122 valence electrons. The Labute approximate surface area is 147 Å². The Morgan fingerprint density at radius 2 is 1.71 bits per heavy atom. The molecular weight excluding hydrogens is 353 g/mol. The summed E-state index contributed by atoms with van der Waals surface area (Å²) in [7, 11) is 0. The van der Waals surface area contributed by atoms with Crippen LogP contribution < -0.4 is 5.32 Å². The van der Waals surface area contributed by atoms with Crippen molar-refractivity contribution in [3.8, 4) is 0 Å². The van der Waals surface area contributed by atoms with Crippen molar-refractivity contribution >= 4 is 46.7 Å². The number of benzene rings is 1. The molecule has 3 rings (SSSR count). The van der Waals surface area contributed by atoms with E-state index in [1.807, 2.05) is 6.92 Å². The number of carbonyl (C=O) groups is 3. The molecule has 6 nitrogen and oxygen atoms in total. The van der Waals surface area contributed by atoms with E-state index in [9.17, 15) is 14.4 Å². The molecule has 1 aromatic carbocycles. The van der Waals surface area contributed by atoms with Crippen molar-refractivity contribution in [2.24, 2.45) is 0 Å². The van der Waals surface area contributed by atoms with E-state index in [-0.39, 0.29) is 21.2 Å². The minimum Gasteiger partial charge on any atom is -0.309 e. The van der Waals surface area contributed by atoms with Crippen molar-refractivity contribution < 1.29 is 14.4 Å². The van der Waals surface area contributed by atoms with Crippen molar-refractivity contribution in [2.75, 3.05) is 11.9 Å². The smallest absolute Gasteiger partial charge is 0.262 e. The van der Waals surface area contributed by atoms with Gasteiger partial charge in [-0.05, 0) is 30.7 Å². The van der Waals surface area contributed by atoms with E-state index >= 15 is 0 Å². The lowest BCUT2D eigenvalue weighted by atomic mass is 10.1. The zero-order valence-corrected chi connectivity index (χ0v) is 14.0. The molecule has 0 saturated carbocycles. The van der Waals surface area contributed by atoms with E-state index in [1.54, 1.807) is 18.3 Å². The summed E-state index contributed by atoms with van der Waals surface area (Å²) in [5, 5.41) is 2.88. The summed E-state index contributed by atoms with van der Waals surface area (Å²) in [5.41, 5.74) is 1.22. The number of anilines is 1. The summed E-state index contributed by atoms with van der Waals surface area (Å²) >= 11 is 11.8. The lowest BCUT2D eigenvalue weighted by Gasteiger charge is -2.13. The Bertz CT molecular complexity index is 825. The number of aromatic nitrogens is 1. The van der Waals surface area contributed by atoms with Crippen LogP contribution in [-0.2, 0) is 4.79 Å². The van der Waals surface area contributed by atoms with E-state index in [2.05, 4.69) is 10.3 Å². The minimum atomic E-state index is -0.583. The van der Waals surface area contributed by atoms with Gasteiger partial charge in [0.05, 0.1) is 21.2 Å². The van der Waals surface area contributed by atoms with Crippen LogP contribution in [0, 0.1) is 6.92 Å². The highest BCUT2D eigenvalue weighted by atomic mass is 35.5. The Morgan fingerprint density at radius 3 is 2.21 bits per heavy atom. The largest absolute Gasteiger partial charge is 0.309 e. The van der Waals surface area contributed by atoms with Crippen LogP contribution in [0.25, 0.3) is 0 Å². The number of nitrogens with one attached hydrogen (secondary N) is 1. The van der Waals surface area contributed by atoms with Gasteiger partial charge in [-0.15, -0.1) is 0 Å². The van der Waals surface area contributed by atoms with Gasteiger partial charge in [-0.25, -0.2) is 4.98 Å². The maximum absolute atomic E-state index is 12.3. The van der Waals surface area contributed by atoms with E-state index in [4.69, 9.17) is 23.2 Å². The van der Waals surface area contributed by atoms with Crippen molar-refractivity contribution in [2.45, 2.75) is 6.92 Å². The van der Waals surface area contributed by atoms with E-state index < -0.39 is 24.3 Å². The summed E-state index contributed by atoms with van der Waals surface area (Å²) in [4.78, 5) is 41.6. The minimum absolute atomic E-state index is 0.135. The summed E-state index contributed by atoms with van der Waals surface area (Å²) in [5.74, 6) is -1.35. The molecule has 1 aromatic heterocycles. The molecule has 24 heavy (non-hydrogen) atoms. The zero-order valence-electron chi connectivity index (χ0n) is 12.5. The molecule has 1 aliphatic heterocycles. The fraction of sp³-hybridized carbons (Fsp3) is 0.125. The second kappa shape index (κ2) is 6.22. The number of carbonyl (C=O) groups excluding carboxylic acids is 3. The van der Waals surface area contributed by atoms with Crippen LogP contribution in [0.1, 0.15) is 26.3 Å². The van der Waals surface area contributed by atoms with E-state index in [0.29, 0.717) is 5.82 Å². The molecule has 3 amide bonds. The molecule has 1 N–H and O–H groups in total. The number of imide groups is 1. The van der Waals surface area contributed by atoms with Gasteiger partial charge in [-0.2, -0.15) is 0 Å². The molecular formula is C16H11Cl2N3O3. The number of nitrogens with zero attached hydrogens (tertiary/aromatic N) is 2. The topological polar surface area (TPSA) is 79.4 Å². The number of fused-ring (bicyclic) bond motifs is 1. The summed E-state index contributed by atoms with van der Waals surface area (Å²) < 4.78 is 0. The van der Waals surface area contributed by atoms with E-state index in [0.717, 1.165) is 10.5 Å². The lowest BCUT2D eigenvalue weighted by molar-refractivity contribution is -0.116. The normalized spacial score (nSPS) is 13.2. The standard InChI is InChI=1S/C16H11Cl2N3O3/c1-8-2-3-13(19-6-8)20-14(22)7-21-15(23)9-4-11(17)12(18)5-10(9)16(21)24/h2-6H,7H2,1H3,(H,19,20,22). The third kappa shape index (κ3) is 2.98. The van der Waals surface area contributed by atoms with Gasteiger partial charge in [-0.1, -0.05) is 29.3 Å². The Balaban J connectivity index is 1.76. The lowest BCUT2D eigenvalue weighted by Crippen LogP contribution is -2.37. The number of hydrogen-bond donors (Lipinski definition) is 1. The Hall–Kier alpha value is -2.44. The molecule has 0 bridgehead atoms. The van der Waals surface area contributed by atoms with Gasteiger partial charge >= 0.3 is 0 Å². The first-order valence-corrected chi connectivity index (χ1v) is 7.70. The van der Waals surface area contributed by atoms with Gasteiger partial charge in [0.1, 0.15) is 12.4 Å². The summed E-state index contributed by atoms with van der Waals surface area (Å²) in [6.45, 7) is 1.45. The van der Waals surface area contributed by atoms with Crippen molar-refractivity contribution in [1.82, 2.24) is 9.88 Å². The fourth-order valence-electron chi connectivity index (χ4n) is 2.30. The summed E-state index contributed by atoms with van der Waals surface area (Å²) in [6, 6.07) is 6.08. The molecule has 0 fully saturated rings. The van der Waals surface area contributed by atoms with Crippen molar-refractivity contribution in [3.63, 3.8) is 0 Å². The quantitative estimate of drug-likeness (QED) is 0.850. The number of amides is 3. The number of halogens is 2. The molecule has 0 radical (unpaired) electrons. The number of hydrogen-bond acceptors (Lipinski definition) is 4. The third-order valence-electron chi connectivity index (χ3n) is 3.49. The Morgan fingerprint density at radius 1 is 1.12 bits per heavy atom. The molecule has 1 aliphatic rings. The maximum Gasteiger partial charge on any atom is 0.262 e. The fourth-order valence-corrected chi connectivity index (χ4v) is 2.62. The predicted molar refractivity (Wildman–Crippen MR) is 89.4 cm³/mol. The second-order valence-electron chi connectivity index (χ2n) is 5.28. The predicted octanol–water partition coefficient (Wildman–Crippen LogP) is 2.93. The number of pyridine rings is 1. The van der Waals surface area contributed by atoms with Crippen LogP contribution in [0.5, 0.6) is 0 Å². The van der Waals surface area contributed by atoms with Gasteiger partial charge in [0.15, 0.2) is 0 Å². The molecule has 2 aromatic rings. The van der Waals surface area contributed by atoms with Gasteiger partial charge in [-0.3, -0.25) is 19.3 Å². The van der Waals surface area contributed by atoms with E-state index in [1.165, 1.54) is 12.1 Å². The summed E-state index contributed by atoms with van der Waals surface area (Å²) in [6.07, 6.45) is 1.60. The average molecular weight is 364 g/mol. The number of rotatable bonds is 3. The average Bonchev–Trinajstić information content (AvgIpc) is 2.75. The van der Waals surface area contributed by atoms with Gasteiger partial charge in [0.2, 0.25) is 5.91 Å². The molecule has 8 heteroatoms. The Kier molecular flexibility index (Phi) is 4.26. The highest BCUT2D eigenvalue weighted by Crippen LogP contribution is 2.31. The van der Waals surface area contributed by atoms with Crippen LogP contribution >= 0.6 is 23.2 Å². The monoisotopic (exact) mass is 363 g/mol. The van der Waals surface area contributed by atoms with Crippen LogP contribution in [-0.4, -0.2) is 34.2 Å². The van der Waals surface area contributed by atoms with Crippen molar-refractivity contribution in [1.29, 1.82) is 0 Å². The molecule has 0 atom stereocenters. The first-order chi connectivity index (χ1) is 11.4. The first-order valence-electron chi connectivity index (χ1n) is 6.94. The zero-order chi connectivity index (χ0) is 17.4.